The maximum Gasteiger partial charge on any atom is 0.304 e. The molecule has 21 heavy (non-hydrogen) atoms. The number of carbonyl (C=O) groups is 1. The molecule has 2 N–H and O–H groups in total. The fourth-order valence-corrected chi connectivity index (χ4v) is 3.84. The number of aliphatic carboxylic acids is 1. The Labute approximate surface area is 134 Å². The molecule has 0 fully saturated rings. The molecule has 1 atom stereocenters. The van der Waals surface area contributed by atoms with Crippen molar-refractivity contribution in [1.29, 1.82) is 0 Å². The Balaban J connectivity index is 3.17. The van der Waals surface area contributed by atoms with Gasteiger partial charge in [0.05, 0.1) is 11.4 Å². The zero-order valence-electron chi connectivity index (χ0n) is 11.9. The van der Waals surface area contributed by atoms with E-state index in [9.17, 15) is 13.2 Å². The van der Waals surface area contributed by atoms with Gasteiger partial charge in [0.1, 0.15) is 4.90 Å². The van der Waals surface area contributed by atoms with Crippen LogP contribution in [0.5, 0.6) is 0 Å². The predicted molar refractivity (Wildman–Crippen MR) is 82.3 cm³/mol. The summed E-state index contributed by atoms with van der Waals surface area (Å²) in [7, 11) is -3.97. The summed E-state index contributed by atoms with van der Waals surface area (Å²) in [5.74, 6) is -1.09. The minimum absolute atomic E-state index is 0.0230. The summed E-state index contributed by atoms with van der Waals surface area (Å²) in [6, 6.07) is 3.30. The van der Waals surface area contributed by atoms with Gasteiger partial charge in [-0.25, -0.2) is 13.1 Å². The van der Waals surface area contributed by atoms with Gasteiger partial charge in [0, 0.05) is 11.1 Å². The highest BCUT2D eigenvalue weighted by Crippen LogP contribution is 2.28. The second kappa shape index (κ2) is 6.52. The van der Waals surface area contributed by atoms with Gasteiger partial charge in [0.25, 0.3) is 0 Å². The smallest absolute Gasteiger partial charge is 0.304 e. The van der Waals surface area contributed by atoms with E-state index in [4.69, 9.17) is 28.3 Å². The molecule has 0 amide bonds. The highest BCUT2D eigenvalue weighted by atomic mass is 35.5. The average molecular weight is 354 g/mol. The number of sulfonamides is 1. The van der Waals surface area contributed by atoms with Crippen molar-refractivity contribution in [1.82, 2.24) is 4.72 Å². The molecule has 118 valence electrons. The molecule has 0 saturated heterocycles. The van der Waals surface area contributed by atoms with Crippen LogP contribution in [0.25, 0.3) is 0 Å². The Hall–Kier alpha value is -0.820. The first-order chi connectivity index (χ1) is 9.43. The topological polar surface area (TPSA) is 83.5 Å². The Morgan fingerprint density at radius 3 is 2.38 bits per heavy atom. The predicted octanol–water partition coefficient (Wildman–Crippen LogP) is 3.16. The summed E-state index contributed by atoms with van der Waals surface area (Å²) in [5, 5.41) is 9.18. The number of benzene rings is 1. The van der Waals surface area contributed by atoms with Gasteiger partial charge in [-0.3, -0.25) is 4.79 Å². The van der Waals surface area contributed by atoms with Crippen LogP contribution < -0.4 is 4.72 Å². The second-order valence-electron chi connectivity index (χ2n) is 5.71. The minimum atomic E-state index is -3.97. The van der Waals surface area contributed by atoms with Crippen molar-refractivity contribution in [3.8, 4) is 0 Å². The van der Waals surface area contributed by atoms with Gasteiger partial charge in [0.2, 0.25) is 10.0 Å². The minimum Gasteiger partial charge on any atom is -0.481 e. The largest absolute Gasteiger partial charge is 0.481 e. The Morgan fingerprint density at radius 1 is 1.33 bits per heavy atom. The van der Waals surface area contributed by atoms with Crippen molar-refractivity contribution in [3.63, 3.8) is 0 Å². The highest BCUT2D eigenvalue weighted by Gasteiger charge is 2.32. The van der Waals surface area contributed by atoms with Crippen LogP contribution in [0, 0.1) is 5.41 Å². The molecule has 0 aliphatic carbocycles. The number of hydrogen-bond acceptors (Lipinski definition) is 3. The van der Waals surface area contributed by atoms with E-state index >= 15 is 0 Å². The first-order valence-corrected chi connectivity index (χ1v) is 8.36. The maximum atomic E-state index is 12.4. The van der Waals surface area contributed by atoms with Gasteiger partial charge in [-0.05, 0) is 23.6 Å². The van der Waals surface area contributed by atoms with E-state index in [1.165, 1.54) is 18.2 Å². The van der Waals surface area contributed by atoms with Crippen LogP contribution in [0.1, 0.15) is 27.2 Å². The maximum absolute atomic E-state index is 12.4. The normalized spacial score (nSPS) is 14.0. The van der Waals surface area contributed by atoms with E-state index in [1.807, 2.05) is 0 Å². The van der Waals surface area contributed by atoms with Gasteiger partial charge < -0.3 is 5.11 Å². The van der Waals surface area contributed by atoms with Crippen molar-refractivity contribution >= 4 is 39.2 Å². The number of halogens is 2. The number of carboxylic acid groups (broad SMARTS) is 1. The molecule has 8 heteroatoms. The summed E-state index contributed by atoms with van der Waals surface area (Å²) in [5.41, 5.74) is -0.573. The van der Waals surface area contributed by atoms with Crippen LogP contribution in [-0.4, -0.2) is 25.5 Å². The lowest BCUT2D eigenvalue weighted by atomic mass is 9.85. The lowest BCUT2D eigenvalue weighted by Gasteiger charge is -2.30. The number of carboxylic acids is 1. The van der Waals surface area contributed by atoms with Crippen molar-refractivity contribution < 1.29 is 18.3 Å². The Morgan fingerprint density at radius 2 is 1.90 bits per heavy atom. The number of nitrogens with one attached hydrogen (secondary N) is 1. The third-order valence-corrected chi connectivity index (χ3v) is 5.09. The van der Waals surface area contributed by atoms with E-state index in [0.29, 0.717) is 0 Å². The molecule has 0 aliphatic rings. The third kappa shape index (κ3) is 5.14. The SMILES string of the molecule is CC(C)(C)C(CC(=O)O)NS(=O)(=O)c1cc(Cl)ccc1Cl. The van der Waals surface area contributed by atoms with Gasteiger partial charge in [-0.15, -0.1) is 0 Å². The van der Waals surface area contributed by atoms with E-state index < -0.39 is 27.4 Å². The molecule has 1 unspecified atom stereocenters. The van der Waals surface area contributed by atoms with E-state index in [-0.39, 0.29) is 21.4 Å². The molecule has 0 aliphatic heterocycles. The summed E-state index contributed by atoms with van der Waals surface area (Å²) in [6.45, 7) is 5.26. The van der Waals surface area contributed by atoms with Crippen molar-refractivity contribution in [2.24, 2.45) is 5.41 Å². The zero-order valence-corrected chi connectivity index (χ0v) is 14.2. The van der Waals surface area contributed by atoms with Crippen LogP contribution in [0.3, 0.4) is 0 Å². The fraction of sp³-hybridized carbons (Fsp3) is 0.462. The van der Waals surface area contributed by atoms with Crippen LogP contribution in [0.2, 0.25) is 10.0 Å². The van der Waals surface area contributed by atoms with Gasteiger partial charge in [-0.1, -0.05) is 44.0 Å². The summed E-state index contributed by atoms with van der Waals surface area (Å²) in [6.07, 6.45) is -0.332. The number of hydrogen-bond donors (Lipinski definition) is 2. The van der Waals surface area contributed by atoms with Crippen LogP contribution in [-0.2, 0) is 14.8 Å². The number of rotatable bonds is 5. The average Bonchev–Trinajstić information content (AvgIpc) is 2.29. The summed E-state index contributed by atoms with van der Waals surface area (Å²) in [4.78, 5) is 10.7. The molecular formula is C13H17Cl2NO4S. The first-order valence-electron chi connectivity index (χ1n) is 6.12. The molecule has 1 aromatic carbocycles. The summed E-state index contributed by atoms with van der Waals surface area (Å²) >= 11 is 11.7. The van der Waals surface area contributed by atoms with E-state index in [2.05, 4.69) is 4.72 Å². The molecule has 0 aromatic heterocycles. The lowest BCUT2D eigenvalue weighted by molar-refractivity contribution is -0.138. The monoisotopic (exact) mass is 353 g/mol. The van der Waals surface area contributed by atoms with Crippen molar-refractivity contribution in [3.05, 3.63) is 28.2 Å². The van der Waals surface area contributed by atoms with E-state index in [0.717, 1.165) is 0 Å². The Kier molecular flexibility index (Phi) is 5.66. The third-order valence-electron chi connectivity index (χ3n) is 2.90. The molecule has 0 radical (unpaired) electrons. The van der Waals surface area contributed by atoms with E-state index in [1.54, 1.807) is 20.8 Å². The highest BCUT2D eigenvalue weighted by molar-refractivity contribution is 7.89. The molecule has 0 bridgehead atoms. The van der Waals surface area contributed by atoms with Gasteiger partial charge >= 0.3 is 5.97 Å². The van der Waals surface area contributed by atoms with Crippen molar-refractivity contribution in [2.45, 2.75) is 38.1 Å². The molecule has 0 saturated carbocycles. The first kappa shape index (κ1) is 18.2. The molecular weight excluding hydrogens is 337 g/mol. The van der Waals surface area contributed by atoms with Crippen LogP contribution in [0.4, 0.5) is 0 Å². The summed E-state index contributed by atoms with van der Waals surface area (Å²) < 4.78 is 27.2. The quantitative estimate of drug-likeness (QED) is 0.851. The fourth-order valence-electron chi connectivity index (χ4n) is 1.63. The van der Waals surface area contributed by atoms with Gasteiger partial charge in [-0.2, -0.15) is 0 Å². The molecule has 1 aromatic rings. The molecule has 0 heterocycles. The molecule has 0 spiro atoms. The standard InChI is InChI=1S/C13H17Cl2NO4S/c1-13(2,3)11(7-12(17)18)16-21(19,20)10-6-8(14)4-5-9(10)15/h4-6,11,16H,7H2,1-3H3,(H,17,18). The Bertz CT molecular complexity index is 638. The van der Waals surface area contributed by atoms with Crippen LogP contribution >= 0.6 is 23.2 Å². The van der Waals surface area contributed by atoms with Crippen molar-refractivity contribution in [2.75, 3.05) is 0 Å². The zero-order chi connectivity index (χ0) is 16.4. The molecule has 1 rings (SSSR count). The molecule has 5 nitrogen and oxygen atoms in total. The van der Waals surface area contributed by atoms with Crippen LogP contribution in [0.15, 0.2) is 23.1 Å². The van der Waals surface area contributed by atoms with Gasteiger partial charge in [0.15, 0.2) is 0 Å². The second-order valence-corrected chi connectivity index (χ2v) is 8.24. The lowest BCUT2D eigenvalue weighted by Crippen LogP contribution is -2.45.